The van der Waals surface area contributed by atoms with Gasteiger partial charge in [-0.3, -0.25) is 4.98 Å². The lowest BCUT2D eigenvalue weighted by atomic mass is 9.91. The van der Waals surface area contributed by atoms with Gasteiger partial charge in [0.05, 0.1) is 12.3 Å². The van der Waals surface area contributed by atoms with Gasteiger partial charge in [0, 0.05) is 17.5 Å². The molecule has 0 aliphatic carbocycles. The van der Waals surface area contributed by atoms with E-state index in [1.165, 1.54) is 0 Å². The van der Waals surface area contributed by atoms with Gasteiger partial charge in [0.25, 0.3) is 0 Å². The van der Waals surface area contributed by atoms with Crippen molar-refractivity contribution in [3.8, 4) is 5.75 Å². The zero-order valence-corrected chi connectivity index (χ0v) is 8.42. The van der Waals surface area contributed by atoms with Crippen molar-refractivity contribution in [1.82, 2.24) is 4.98 Å². The molecule has 0 spiro atoms. The summed E-state index contributed by atoms with van der Waals surface area (Å²) in [5, 5.41) is 0. The van der Waals surface area contributed by atoms with Crippen LogP contribution in [0.4, 0.5) is 0 Å². The van der Waals surface area contributed by atoms with E-state index in [1.54, 1.807) is 0 Å². The Kier molecular flexibility index (Phi) is 1.79. The number of rotatable bonds is 0. The molecule has 2 heterocycles. The molecular weight excluding hydrogens is 162 g/mol. The molecule has 0 amide bonds. The smallest absolute Gasteiger partial charge is 0.140 e. The highest BCUT2D eigenvalue weighted by atomic mass is 16.5. The third kappa shape index (κ3) is 1.53. The minimum atomic E-state index is 0.137. The second kappa shape index (κ2) is 2.72. The van der Waals surface area contributed by atoms with E-state index in [-0.39, 0.29) is 5.41 Å². The molecule has 1 aliphatic heterocycles. The van der Waals surface area contributed by atoms with Crippen LogP contribution in [0.25, 0.3) is 0 Å². The van der Waals surface area contributed by atoms with Crippen molar-refractivity contribution in [2.45, 2.75) is 32.6 Å². The normalized spacial score (nSPS) is 15.3. The van der Waals surface area contributed by atoms with Crippen molar-refractivity contribution in [3.05, 3.63) is 23.5 Å². The number of hydrogen-bond acceptors (Lipinski definition) is 2. The molecule has 0 fully saturated rings. The molecule has 70 valence electrons. The molecular formula is C11H15NO. The lowest BCUT2D eigenvalue weighted by Gasteiger charge is -2.17. The highest BCUT2D eigenvalue weighted by molar-refractivity contribution is 5.34. The minimum Gasteiger partial charge on any atom is -0.491 e. The quantitative estimate of drug-likeness (QED) is 0.606. The van der Waals surface area contributed by atoms with E-state index in [2.05, 4.69) is 31.8 Å². The first kappa shape index (κ1) is 8.54. The Morgan fingerprint density at radius 1 is 1.31 bits per heavy atom. The van der Waals surface area contributed by atoms with Gasteiger partial charge in [0.1, 0.15) is 5.75 Å². The van der Waals surface area contributed by atoms with Gasteiger partial charge in [-0.15, -0.1) is 0 Å². The van der Waals surface area contributed by atoms with Gasteiger partial charge in [-0.2, -0.15) is 0 Å². The molecule has 1 aromatic rings. The van der Waals surface area contributed by atoms with E-state index >= 15 is 0 Å². The van der Waals surface area contributed by atoms with E-state index in [9.17, 15) is 0 Å². The van der Waals surface area contributed by atoms with E-state index in [1.807, 2.05) is 6.07 Å². The molecule has 2 rings (SSSR count). The molecule has 0 bridgehead atoms. The zero-order valence-electron chi connectivity index (χ0n) is 8.42. The fourth-order valence-corrected chi connectivity index (χ4v) is 1.47. The fraction of sp³-hybridized carbons (Fsp3) is 0.545. The van der Waals surface area contributed by atoms with Gasteiger partial charge in [-0.05, 0) is 12.1 Å². The Labute approximate surface area is 78.9 Å². The Morgan fingerprint density at radius 3 is 2.77 bits per heavy atom. The second-order valence-electron chi connectivity index (χ2n) is 4.49. The molecule has 1 aromatic heterocycles. The van der Waals surface area contributed by atoms with E-state index in [4.69, 9.17) is 4.74 Å². The lowest BCUT2D eigenvalue weighted by Crippen LogP contribution is -2.13. The SMILES string of the molecule is CC(C)(C)c1ccc2c(n1)CCO2. The topological polar surface area (TPSA) is 22.1 Å². The van der Waals surface area contributed by atoms with Gasteiger partial charge in [-0.25, -0.2) is 0 Å². The Morgan fingerprint density at radius 2 is 2.08 bits per heavy atom. The van der Waals surface area contributed by atoms with Crippen LogP contribution < -0.4 is 4.74 Å². The molecule has 0 unspecified atom stereocenters. The van der Waals surface area contributed by atoms with Crippen LogP contribution in [-0.4, -0.2) is 11.6 Å². The molecule has 0 N–H and O–H groups in total. The second-order valence-corrected chi connectivity index (χ2v) is 4.49. The van der Waals surface area contributed by atoms with Gasteiger partial charge >= 0.3 is 0 Å². The van der Waals surface area contributed by atoms with E-state index in [0.29, 0.717) is 0 Å². The highest BCUT2D eigenvalue weighted by Crippen LogP contribution is 2.27. The summed E-state index contributed by atoms with van der Waals surface area (Å²) in [5.41, 5.74) is 2.40. The van der Waals surface area contributed by atoms with E-state index in [0.717, 1.165) is 30.2 Å². The molecule has 13 heavy (non-hydrogen) atoms. The minimum absolute atomic E-state index is 0.137. The number of hydrogen-bond donors (Lipinski definition) is 0. The van der Waals surface area contributed by atoms with Crippen molar-refractivity contribution in [2.75, 3.05) is 6.61 Å². The highest BCUT2D eigenvalue weighted by Gasteiger charge is 2.19. The van der Waals surface area contributed by atoms with Gasteiger partial charge in [-0.1, -0.05) is 20.8 Å². The first-order valence-electron chi connectivity index (χ1n) is 4.70. The largest absolute Gasteiger partial charge is 0.491 e. The first-order chi connectivity index (χ1) is 6.07. The van der Waals surface area contributed by atoms with Crippen LogP contribution in [-0.2, 0) is 11.8 Å². The monoisotopic (exact) mass is 177 g/mol. The van der Waals surface area contributed by atoms with Crippen LogP contribution in [0.2, 0.25) is 0 Å². The molecule has 0 saturated heterocycles. The van der Waals surface area contributed by atoms with Crippen molar-refractivity contribution in [1.29, 1.82) is 0 Å². The van der Waals surface area contributed by atoms with Gasteiger partial charge in [0.2, 0.25) is 0 Å². The summed E-state index contributed by atoms with van der Waals surface area (Å²) in [4.78, 5) is 4.60. The van der Waals surface area contributed by atoms with Crippen LogP contribution in [0.3, 0.4) is 0 Å². The maximum atomic E-state index is 5.40. The fourth-order valence-electron chi connectivity index (χ4n) is 1.47. The summed E-state index contributed by atoms with van der Waals surface area (Å²) in [7, 11) is 0. The predicted molar refractivity (Wildman–Crippen MR) is 52.1 cm³/mol. The third-order valence-corrected chi connectivity index (χ3v) is 2.30. The number of aromatic nitrogens is 1. The van der Waals surface area contributed by atoms with Crippen LogP contribution >= 0.6 is 0 Å². The number of ether oxygens (including phenoxy) is 1. The van der Waals surface area contributed by atoms with Crippen LogP contribution in [0.1, 0.15) is 32.2 Å². The Bertz CT molecular complexity index is 325. The number of nitrogens with zero attached hydrogens (tertiary/aromatic N) is 1. The summed E-state index contributed by atoms with van der Waals surface area (Å²) in [6.45, 7) is 7.32. The molecule has 2 heteroatoms. The van der Waals surface area contributed by atoms with Gasteiger partial charge < -0.3 is 4.74 Å². The van der Waals surface area contributed by atoms with Crippen molar-refractivity contribution in [2.24, 2.45) is 0 Å². The summed E-state index contributed by atoms with van der Waals surface area (Å²) >= 11 is 0. The summed E-state index contributed by atoms with van der Waals surface area (Å²) in [6.07, 6.45) is 0.958. The average molecular weight is 177 g/mol. The summed E-state index contributed by atoms with van der Waals surface area (Å²) in [5.74, 6) is 0.966. The first-order valence-corrected chi connectivity index (χ1v) is 4.70. The average Bonchev–Trinajstić information content (AvgIpc) is 2.47. The summed E-state index contributed by atoms with van der Waals surface area (Å²) in [6, 6.07) is 4.10. The zero-order chi connectivity index (χ0) is 9.47. The van der Waals surface area contributed by atoms with Crippen LogP contribution in [0.15, 0.2) is 12.1 Å². The van der Waals surface area contributed by atoms with Gasteiger partial charge in [0.15, 0.2) is 0 Å². The van der Waals surface area contributed by atoms with Crippen LogP contribution in [0, 0.1) is 0 Å². The molecule has 2 nitrogen and oxygen atoms in total. The molecule has 0 atom stereocenters. The van der Waals surface area contributed by atoms with Crippen molar-refractivity contribution < 1.29 is 4.74 Å². The lowest BCUT2D eigenvalue weighted by molar-refractivity contribution is 0.356. The number of fused-ring (bicyclic) bond motifs is 1. The molecule has 0 radical (unpaired) electrons. The Balaban J connectivity index is 2.42. The Hall–Kier alpha value is -1.05. The van der Waals surface area contributed by atoms with Crippen molar-refractivity contribution >= 4 is 0 Å². The van der Waals surface area contributed by atoms with Crippen molar-refractivity contribution in [3.63, 3.8) is 0 Å². The molecule has 0 aromatic carbocycles. The molecule has 0 saturated carbocycles. The van der Waals surface area contributed by atoms with Crippen LogP contribution in [0.5, 0.6) is 5.75 Å². The van der Waals surface area contributed by atoms with E-state index < -0.39 is 0 Å². The maximum absolute atomic E-state index is 5.40. The third-order valence-electron chi connectivity index (χ3n) is 2.30. The molecule has 1 aliphatic rings. The maximum Gasteiger partial charge on any atom is 0.140 e. The number of pyridine rings is 1. The standard InChI is InChI=1S/C11H15NO/c1-11(2,3)10-5-4-9-8(12-10)6-7-13-9/h4-5H,6-7H2,1-3H3. The summed E-state index contributed by atoms with van der Waals surface area (Å²) < 4.78 is 5.40. The predicted octanol–water partition coefficient (Wildman–Crippen LogP) is 2.31.